The zero-order valence-corrected chi connectivity index (χ0v) is 11.5. The topological polar surface area (TPSA) is 26.3 Å². The number of hydrogen-bond acceptors (Lipinski definition) is 2. The number of esters is 1. The van der Waals surface area contributed by atoms with Crippen LogP contribution in [0.15, 0.2) is 66.7 Å². The summed E-state index contributed by atoms with van der Waals surface area (Å²) < 4.78 is 5.55. The van der Waals surface area contributed by atoms with Gasteiger partial charge < -0.3 is 4.74 Å². The Morgan fingerprint density at radius 2 is 1.62 bits per heavy atom. The highest BCUT2D eigenvalue weighted by Gasteiger charge is 2.30. The maximum atomic E-state index is 11.9. The van der Waals surface area contributed by atoms with Crippen molar-refractivity contribution in [2.24, 2.45) is 0 Å². The monoisotopic (exact) mass is 274 g/mol. The molecule has 0 N–H and O–H groups in total. The smallest absolute Gasteiger partial charge is 0.339 e. The van der Waals surface area contributed by atoms with Crippen LogP contribution in [0, 0.1) is 0 Å². The minimum Gasteiger partial charge on any atom is -0.454 e. The number of ether oxygens (including phenoxy) is 1. The second-order valence-corrected chi connectivity index (χ2v) is 5.32. The molecule has 0 amide bonds. The fourth-order valence-corrected chi connectivity index (χ4v) is 3.04. The van der Waals surface area contributed by atoms with Crippen LogP contribution in [-0.2, 0) is 11.2 Å². The lowest BCUT2D eigenvalue weighted by Gasteiger charge is -2.12. The van der Waals surface area contributed by atoms with Crippen molar-refractivity contribution in [1.82, 2.24) is 0 Å². The number of hydrogen-bond donors (Lipinski definition) is 0. The quantitative estimate of drug-likeness (QED) is 0.651. The standard InChI is InChI=1S/C19H14O2/c20-19-17-11-4-3-10-16(17)18(21-19)12-14-8-5-7-13-6-1-2-9-15(13)14/h1-11,18H,12H2/t18-/m0/s1. The molecule has 0 saturated carbocycles. The molecule has 3 aromatic carbocycles. The molecular weight excluding hydrogens is 260 g/mol. The summed E-state index contributed by atoms with van der Waals surface area (Å²) in [5, 5.41) is 2.44. The predicted octanol–water partition coefficient (Wildman–Crippen LogP) is 4.29. The van der Waals surface area contributed by atoms with Crippen molar-refractivity contribution in [3.63, 3.8) is 0 Å². The van der Waals surface area contributed by atoms with E-state index in [0.29, 0.717) is 12.0 Å². The third kappa shape index (κ3) is 2.00. The summed E-state index contributed by atoms with van der Waals surface area (Å²) in [7, 11) is 0. The Balaban J connectivity index is 1.75. The van der Waals surface area contributed by atoms with Gasteiger partial charge in [-0.1, -0.05) is 60.7 Å². The van der Waals surface area contributed by atoms with Gasteiger partial charge in [0.2, 0.25) is 0 Å². The van der Waals surface area contributed by atoms with Crippen LogP contribution in [0.4, 0.5) is 0 Å². The van der Waals surface area contributed by atoms with Crippen LogP contribution < -0.4 is 0 Å². The number of cyclic esters (lactones) is 1. The Hall–Kier alpha value is -2.61. The molecule has 0 saturated heterocycles. The number of carbonyl (C=O) groups excluding carboxylic acids is 1. The van der Waals surface area contributed by atoms with Crippen LogP contribution in [0.3, 0.4) is 0 Å². The first-order chi connectivity index (χ1) is 10.3. The van der Waals surface area contributed by atoms with E-state index in [0.717, 1.165) is 5.56 Å². The lowest BCUT2D eigenvalue weighted by Crippen LogP contribution is -2.03. The van der Waals surface area contributed by atoms with Crippen molar-refractivity contribution in [3.8, 4) is 0 Å². The molecule has 1 aliphatic rings. The van der Waals surface area contributed by atoms with Gasteiger partial charge in [-0.2, -0.15) is 0 Å². The first kappa shape index (κ1) is 12.2. The SMILES string of the molecule is O=C1O[C@@H](Cc2cccc3ccccc23)c2ccccc21. The van der Waals surface area contributed by atoms with Gasteiger partial charge in [0.15, 0.2) is 0 Å². The molecule has 1 aliphatic heterocycles. The first-order valence-electron chi connectivity index (χ1n) is 7.09. The summed E-state index contributed by atoms with van der Waals surface area (Å²) in [5.41, 5.74) is 2.90. The third-order valence-corrected chi connectivity index (χ3v) is 4.06. The highest BCUT2D eigenvalue weighted by Crippen LogP contribution is 2.34. The van der Waals surface area contributed by atoms with Gasteiger partial charge in [0.05, 0.1) is 5.56 Å². The van der Waals surface area contributed by atoms with E-state index in [1.54, 1.807) is 0 Å². The van der Waals surface area contributed by atoms with Crippen LogP contribution in [0.2, 0.25) is 0 Å². The molecular formula is C19H14O2. The number of benzene rings is 3. The van der Waals surface area contributed by atoms with Crippen LogP contribution in [0.25, 0.3) is 10.8 Å². The Kier molecular flexibility index (Phi) is 2.74. The molecule has 1 atom stereocenters. The fourth-order valence-electron chi connectivity index (χ4n) is 3.04. The molecule has 0 bridgehead atoms. The molecule has 3 aromatic rings. The summed E-state index contributed by atoms with van der Waals surface area (Å²) >= 11 is 0. The average molecular weight is 274 g/mol. The zero-order valence-electron chi connectivity index (χ0n) is 11.5. The van der Waals surface area contributed by atoms with Gasteiger partial charge in [-0.15, -0.1) is 0 Å². The van der Waals surface area contributed by atoms with Crippen molar-refractivity contribution >= 4 is 16.7 Å². The molecule has 0 spiro atoms. The lowest BCUT2D eigenvalue weighted by molar-refractivity contribution is 0.0387. The van der Waals surface area contributed by atoms with Crippen LogP contribution in [0.1, 0.15) is 27.6 Å². The van der Waals surface area contributed by atoms with Gasteiger partial charge in [-0.25, -0.2) is 4.79 Å². The summed E-state index contributed by atoms with van der Waals surface area (Å²) in [6.45, 7) is 0. The van der Waals surface area contributed by atoms with Gasteiger partial charge >= 0.3 is 5.97 Å². The number of rotatable bonds is 2. The van der Waals surface area contributed by atoms with E-state index in [2.05, 4.69) is 30.3 Å². The Bertz CT molecular complexity index is 830. The van der Waals surface area contributed by atoms with E-state index in [-0.39, 0.29) is 12.1 Å². The Morgan fingerprint density at radius 1 is 0.857 bits per heavy atom. The van der Waals surface area contributed by atoms with Crippen LogP contribution >= 0.6 is 0 Å². The largest absolute Gasteiger partial charge is 0.454 e. The molecule has 2 heteroatoms. The average Bonchev–Trinajstić information content (AvgIpc) is 2.85. The minimum atomic E-state index is -0.212. The van der Waals surface area contributed by atoms with E-state index < -0.39 is 0 Å². The molecule has 102 valence electrons. The maximum Gasteiger partial charge on any atom is 0.339 e. The van der Waals surface area contributed by atoms with Crippen LogP contribution in [0.5, 0.6) is 0 Å². The summed E-state index contributed by atoms with van der Waals surface area (Å²) in [4.78, 5) is 11.9. The molecule has 4 rings (SSSR count). The minimum absolute atomic E-state index is 0.181. The molecule has 0 fully saturated rings. The zero-order chi connectivity index (χ0) is 14.2. The van der Waals surface area contributed by atoms with E-state index in [1.165, 1.54) is 16.3 Å². The van der Waals surface area contributed by atoms with Crippen molar-refractivity contribution in [1.29, 1.82) is 0 Å². The van der Waals surface area contributed by atoms with E-state index in [4.69, 9.17) is 4.74 Å². The van der Waals surface area contributed by atoms with Crippen LogP contribution in [-0.4, -0.2) is 5.97 Å². The lowest BCUT2D eigenvalue weighted by atomic mass is 9.96. The number of carbonyl (C=O) groups is 1. The number of fused-ring (bicyclic) bond motifs is 2. The highest BCUT2D eigenvalue weighted by atomic mass is 16.5. The van der Waals surface area contributed by atoms with Gasteiger partial charge in [0, 0.05) is 12.0 Å². The summed E-state index contributed by atoms with van der Waals surface area (Å²) in [6, 6.07) is 22.2. The third-order valence-electron chi connectivity index (χ3n) is 4.06. The second-order valence-electron chi connectivity index (χ2n) is 5.32. The summed E-state index contributed by atoms with van der Waals surface area (Å²) in [5.74, 6) is -0.212. The maximum absolute atomic E-state index is 11.9. The van der Waals surface area contributed by atoms with Crippen molar-refractivity contribution < 1.29 is 9.53 Å². The Labute approximate surface area is 123 Å². The van der Waals surface area contributed by atoms with Gasteiger partial charge in [0.1, 0.15) is 6.10 Å². The first-order valence-corrected chi connectivity index (χ1v) is 7.09. The van der Waals surface area contributed by atoms with E-state index in [9.17, 15) is 4.79 Å². The van der Waals surface area contributed by atoms with Crippen molar-refractivity contribution in [2.45, 2.75) is 12.5 Å². The van der Waals surface area contributed by atoms with Gasteiger partial charge in [0.25, 0.3) is 0 Å². The molecule has 0 unspecified atom stereocenters. The molecule has 0 aromatic heterocycles. The fraction of sp³-hybridized carbons (Fsp3) is 0.105. The van der Waals surface area contributed by atoms with Gasteiger partial charge in [-0.3, -0.25) is 0 Å². The molecule has 0 aliphatic carbocycles. The Morgan fingerprint density at radius 3 is 2.57 bits per heavy atom. The summed E-state index contributed by atoms with van der Waals surface area (Å²) in [6.07, 6.45) is 0.531. The molecule has 1 heterocycles. The predicted molar refractivity (Wildman–Crippen MR) is 82.3 cm³/mol. The van der Waals surface area contributed by atoms with Crippen molar-refractivity contribution in [3.05, 3.63) is 83.4 Å². The van der Waals surface area contributed by atoms with Crippen molar-refractivity contribution in [2.75, 3.05) is 0 Å². The molecule has 21 heavy (non-hydrogen) atoms. The van der Waals surface area contributed by atoms with Gasteiger partial charge in [-0.05, 0) is 22.4 Å². The normalized spacial score (nSPS) is 16.8. The van der Waals surface area contributed by atoms with E-state index >= 15 is 0 Å². The second kappa shape index (κ2) is 4.74. The van der Waals surface area contributed by atoms with E-state index in [1.807, 2.05) is 36.4 Å². The highest BCUT2D eigenvalue weighted by molar-refractivity contribution is 5.94. The molecule has 2 nitrogen and oxygen atoms in total. The molecule has 0 radical (unpaired) electrons.